The molecule has 0 atom stereocenters. The molecule has 34 heavy (non-hydrogen) atoms. The molecule has 1 amide bonds. The fourth-order valence-corrected chi connectivity index (χ4v) is 6.18. The minimum Gasteiger partial charge on any atom is -0.454 e. The van der Waals surface area contributed by atoms with Gasteiger partial charge < -0.3 is 14.4 Å². The molecular formula is C25H28N2O5S2. The molecular weight excluding hydrogens is 472 g/mol. The van der Waals surface area contributed by atoms with Gasteiger partial charge in [0.2, 0.25) is 22.7 Å². The van der Waals surface area contributed by atoms with Crippen LogP contribution in [0.25, 0.3) is 0 Å². The van der Waals surface area contributed by atoms with Gasteiger partial charge in [-0.15, -0.1) is 11.3 Å². The lowest BCUT2D eigenvalue weighted by Crippen LogP contribution is -2.42. The number of hydrogen-bond donors (Lipinski definition) is 0. The second-order valence-corrected chi connectivity index (χ2v) is 11.1. The third kappa shape index (κ3) is 5.43. The Bertz CT molecular complexity index is 1240. The van der Waals surface area contributed by atoms with Crippen molar-refractivity contribution in [1.82, 2.24) is 9.21 Å². The number of fused-ring (bicyclic) bond motifs is 1. The number of nitrogens with zero attached hydrogens (tertiary/aromatic N) is 2. The Hall–Kier alpha value is -2.88. The Balaban J connectivity index is 1.59. The molecule has 0 saturated carbocycles. The molecule has 0 radical (unpaired) electrons. The van der Waals surface area contributed by atoms with E-state index in [1.165, 1.54) is 4.31 Å². The zero-order valence-electron chi connectivity index (χ0n) is 19.3. The summed E-state index contributed by atoms with van der Waals surface area (Å²) in [7, 11) is -3.79. The van der Waals surface area contributed by atoms with Gasteiger partial charge in [0.25, 0.3) is 0 Å². The number of aryl methyl sites for hydroxylation is 1. The van der Waals surface area contributed by atoms with Gasteiger partial charge in [0, 0.05) is 18.0 Å². The Morgan fingerprint density at radius 3 is 2.50 bits per heavy atom. The maximum Gasteiger partial charge on any atom is 0.243 e. The highest BCUT2D eigenvalue weighted by Crippen LogP contribution is 2.33. The average molecular weight is 501 g/mol. The number of rotatable bonds is 10. The van der Waals surface area contributed by atoms with Gasteiger partial charge in [-0.25, -0.2) is 8.42 Å². The topological polar surface area (TPSA) is 76.2 Å². The molecule has 2 heterocycles. The van der Waals surface area contributed by atoms with Crippen molar-refractivity contribution in [3.8, 4) is 11.5 Å². The number of ether oxygens (including phenoxy) is 2. The standard InChI is InChI=1S/C25H28N2O5S2/c1-3-12-27(34(29,30)21-7-5-4-6-8-21)17-25(28)26(16-24-19(2)11-13-33-24)15-20-9-10-22-23(14-20)32-18-31-22/h4-11,13-14H,3,12,15-18H2,1-2H3. The Morgan fingerprint density at radius 2 is 1.79 bits per heavy atom. The molecule has 0 unspecified atom stereocenters. The summed E-state index contributed by atoms with van der Waals surface area (Å²) in [5.74, 6) is 1.08. The van der Waals surface area contributed by atoms with Crippen LogP contribution in [0.5, 0.6) is 11.5 Å². The summed E-state index contributed by atoms with van der Waals surface area (Å²) < 4.78 is 38.7. The molecule has 0 saturated heterocycles. The molecule has 0 spiro atoms. The predicted molar refractivity (Wildman–Crippen MR) is 131 cm³/mol. The van der Waals surface area contributed by atoms with Crippen LogP contribution in [0.4, 0.5) is 0 Å². The summed E-state index contributed by atoms with van der Waals surface area (Å²) in [5, 5.41) is 2.00. The molecule has 9 heteroatoms. The molecule has 7 nitrogen and oxygen atoms in total. The average Bonchev–Trinajstić information content (AvgIpc) is 3.47. The molecule has 2 aromatic carbocycles. The van der Waals surface area contributed by atoms with Crippen LogP contribution in [0.15, 0.2) is 64.9 Å². The number of carbonyl (C=O) groups excluding carboxylic acids is 1. The van der Waals surface area contributed by atoms with Crippen molar-refractivity contribution in [2.45, 2.75) is 38.3 Å². The fraction of sp³-hybridized carbons (Fsp3) is 0.320. The van der Waals surface area contributed by atoms with Gasteiger partial charge in [0.05, 0.1) is 18.0 Å². The number of hydrogen-bond acceptors (Lipinski definition) is 6. The highest BCUT2D eigenvalue weighted by atomic mass is 32.2. The van der Waals surface area contributed by atoms with E-state index >= 15 is 0 Å². The number of amides is 1. The first-order valence-corrected chi connectivity index (χ1v) is 13.4. The van der Waals surface area contributed by atoms with Crippen LogP contribution in [0.2, 0.25) is 0 Å². The lowest BCUT2D eigenvalue weighted by atomic mass is 10.1. The van der Waals surface area contributed by atoms with Gasteiger partial charge in [-0.2, -0.15) is 4.31 Å². The van der Waals surface area contributed by atoms with Crippen molar-refractivity contribution in [2.75, 3.05) is 19.9 Å². The van der Waals surface area contributed by atoms with Crippen LogP contribution in [-0.2, 0) is 27.9 Å². The van der Waals surface area contributed by atoms with Crippen molar-refractivity contribution in [2.24, 2.45) is 0 Å². The molecule has 0 aliphatic carbocycles. The van der Waals surface area contributed by atoms with Crippen molar-refractivity contribution in [3.05, 3.63) is 76.0 Å². The lowest BCUT2D eigenvalue weighted by molar-refractivity contribution is -0.132. The van der Waals surface area contributed by atoms with E-state index in [0.717, 1.165) is 16.0 Å². The lowest BCUT2D eigenvalue weighted by Gasteiger charge is -2.27. The Kier molecular flexibility index (Phi) is 7.55. The summed E-state index contributed by atoms with van der Waals surface area (Å²) in [5.41, 5.74) is 2.00. The second kappa shape index (κ2) is 10.6. The van der Waals surface area contributed by atoms with Crippen LogP contribution in [0.1, 0.15) is 29.3 Å². The summed E-state index contributed by atoms with van der Waals surface area (Å²) in [4.78, 5) is 16.5. The van der Waals surface area contributed by atoms with Crippen molar-refractivity contribution in [1.29, 1.82) is 0 Å². The van der Waals surface area contributed by atoms with E-state index in [9.17, 15) is 13.2 Å². The van der Waals surface area contributed by atoms with Crippen molar-refractivity contribution < 1.29 is 22.7 Å². The second-order valence-electron chi connectivity index (χ2n) is 8.12. The van der Waals surface area contributed by atoms with E-state index < -0.39 is 10.0 Å². The van der Waals surface area contributed by atoms with Crippen molar-refractivity contribution in [3.63, 3.8) is 0 Å². The van der Waals surface area contributed by atoms with Crippen molar-refractivity contribution >= 4 is 27.3 Å². The zero-order chi connectivity index (χ0) is 24.1. The van der Waals surface area contributed by atoms with E-state index in [1.807, 2.05) is 43.5 Å². The molecule has 3 aromatic rings. The molecule has 1 aliphatic rings. The maximum atomic E-state index is 13.6. The molecule has 0 bridgehead atoms. The summed E-state index contributed by atoms with van der Waals surface area (Å²) >= 11 is 1.59. The van der Waals surface area contributed by atoms with Gasteiger partial charge in [-0.3, -0.25) is 4.79 Å². The van der Waals surface area contributed by atoms with Crippen LogP contribution in [-0.4, -0.2) is 43.4 Å². The zero-order valence-corrected chi connectivity index (χ0v) is 20.9. The molecule has 180 valence electrons. The van der Waals surface area contributed by atoms with Gasteiger partial charge in [0.15, 0.2) is 11.5 Å². The highest BCUT2D eigenvalue weighted by molar-refractivity contribution is 7.89. The molecule has 0 N–H and O–H groups in total. The third-order valence-electron chi connectivity index (χ3n) is 5.63. The summed E-state index contributed by atoms with van der Waals surface area (Å²) in [6.07, 6.45) is 0.603. The van der Waals surface area contributed by atoms with Crippen LogP contribution >= 0.6 is 11.3 Å². The van der Waals surface area contributed by atoms with Gasteiger partial charge in [0.1, 0.15) is 0 Å². The minimum absolute atomic E-state index is 0.180. The number of thiophene rings is 1. The normalized spacial score (nSPS) is 12.8. The summed E-state index contributed by atoms with van der Waals surface area (Å²) in [6, 6.07) is 15.9. The van der Waals surface area contributed by atoms with E-state index in [2.05, 4.69) is 0 Å². The van der Waals surface area contributed by atoms with Gasteiger partial charge in [-0.1, -0.05) is 31.2 Å². The minimum atomic E-state index is -3.79. The predicted octanol–water partition coefficient (Wildman–Crippen LogP) is 4.41. The molecule has 1 aromatic heterocycles. The first-order valence-electron chi connectivity index (χ1n) is 11.1. The molecule has 0 fully saturated rings. The SMILES string of the molecule is CCCN(CC(=O)N(Cc1ccc2c(c1)OCO2)Cc1sccc1C)S(=O)(=O)c1ccccc1. The number of carbonyl (C=O) groups is 1. The first-order chi connectivity index (χ1) is 16.4. The van der Waals surface area contributed by atoms with Crippen LogP contribution in [0.3, 0.4) is 0 Å². The fourth-order valence-electron chi connectivity index (χ4n) is 3.76. The largest absolute Gasteiger partial charge is 0.454 e. The number of benzene rings is 2. The number of sulfonamides is 1. The Labute approximate surface area is 204 Å². The van der Waals surface area contributed by atoms with Crippen LogP contribution in [0, 0.1) is 6.92 Å². The maximum absolute atomic E-state index is 13.6. The molecule has 4 rings (SSSR count). The van der Waals surface area contributed by atoms with E-state index in [4.69, 9.17) is 9.47 Å². The quantitative estimate of drug-likeness (QED) is 0.412. The van der Waals surface area contributed by atoms with E-state index in [1.54, 1.807) is 46.6 Å². The van der Waals surface area contributed by atoms with Crippen LogP contribution < -0.4 is 9.47 Å². The third-order valence-corrected chi connectivity index (χ3v) is 8.50. The smallest absolute Gasteiger partial charge is 0.243 e. The van der Waals surface area contributed by atoms with E-state index in [0.29, 0.717) is 31.0 Å². The Morgan fingerprint density at radius 1 is 1.03 bits per heavy atom. The highest BCUT2D eigenvalue weighted by Gasteiger charge is 2.28. The first kappa shape index (κ1) is 24.3. The van der Waals surface area contributed by atoms with E-state index in [-0.39, 0.29) is 30.7 Å². The van der Waals surface area contributed by atoms with Gasteiger partial charge >= 0.3 is 0 Å². The summed E-state index contributed by atoms with van der Waals surface area (Å²) in [6.45, 7) is 4.87. The molecule has 1 aliphatic heterocycles. The monoisotopic (exact) mass is 500 g/mol. The van der Waals surface area contributed by atoms with Gasteiger partial charge in [-0.05, 0) is 60.2 Å².